The fourth-order valence-electron chi connectivity index (χ4n) is 0.854. The zero-order valence-corrected chi connectivity index (χ0v) is 10.8. The van der Waals surface area contributed by atoms with Crippen LogP contribution in [-0.2, 0) is 29.1 Å². The van der Waals surface area contributed by atoms with Crippen LogP contribution in [0.15, 0.2) is 30.3 Å². The Hall–Kier alpha value is -1.03. The van der Waals surface area contributed by atoms with Crippen LogP contribution in [0, 0.1) is 0 Å². The van der Waals surface area contributed by atoms with Gasteiger partial charge < -0.3 is 14.7 Å². The summed E-state index contributed by atoms with van der Waals surface area (Å²) in [7, 11) is -4.54. The van der Waals surface area contributed by atoms with Gasteiger partial charge in [0.15, 0.2) is 5.75 Å². The van der Waals surface area contributed by atoms with Crippen molar-refractivity contribution in [2.75, 3.05) is 6.61 Å². The quantitative estimate of drug-likeness (QED) is 0.301. The van der Waals surface area contributed by atoms with Crippen molar-refractivity contribution < 1.29 is 43.8 Å². The first kappa shape index (κ1) is 16.0. The van der Waals surface area contributed by atoms with Crippen molar-refractivity contribution in [2.24, 2.45) is 0 Å². The minimum atomic E-state index is -4.54. The topological polar surface area (TPSA) is 113 Å². The van der Waals surface area contributed by atoms with Crippen LogP contribution in [0.1, 0.15) is 6.92 Å². The molecule has 0 heterocycles. The molecule has 0 saturated heterocycles. The fraction of sp³-hybridized carbons (Fsp3) is 0.333. The van der Waals surface area contributed by atoms with Gasteiger partial charge in [-0.3, -0.25) is 4.52 Å². The summed E-state index contributed by atoms with van der Waals surface area (Å²) in [6, 6.07) is 8.45. The number of phosphoric ester groups is 1. The third-order valence-electron chi connectivity index (χ3n) is 1.61. The smallest absolute Gasteiger partial charge is 0.306 e. The molecule has 0 bridgehead atoms. The van der Waals surface area contributed by atoms with Gasteiger partial charge in [0, 0.05) is 10.1 Å². The molecular formula is C9H13O9P. The summed E-state index contributed by atoms with van der Waals surface area (Å²) < 4.78 is 14.5. The fourth-order valence-corrected chi connectivity index (χ4v) is 1.26. The molecule has 0 saturated carbocycles. The lowest BCUT2D eigenvalue weighted by Gasteiger charge is -2.10. The molecule has 19 heavy (non-hydrogen) atoms. The standard InChI is InChI=1S/C9H13O9P/c1-8(7-13-19(10,11)12)14-16-18-17-15-9-5-3-2-4-6-9/h2-6,8H,7H2,1H3,(H2,10,11,12). The van der Waals surface area contributed by atoms with Gasteiger partial charge in [-0.15, -0.1) is 0 Å². The molecule has 9 nitrogen and oxygen atoms in total. The molecule has 0 fully saturated rings. The minimum Gasteiger partial charge on any atom is -0.306 e. The van der Waals surface area contributed by atoms with Crippen molar-refractivity contribution in [2.45, 2.75) is 13.0 Å². The third kappa shape index (κ3) is 8.65. The maximum atomic E-state index is 10.4. The predicted molar refractivity (Wildman–Crippen MR) is 58.9 cm³/mol. The van der Waals surface area contributed by atoms with E-state index in [4.69, 9.17) is 9.79 Å². The van der Waals surface area contributed by atoms with E-state index in [1.54, 1.807) is 30.3 Å². The van der Waals surface area contributed by atoms with Crippen LogP contribution >= 0.6 is 7.82 Å². The van der Waals surface area contributed by atoms with Crippen molar-refractivity contribution >= 4 is 7.82 Å². The lowest BCUT2D eigenvalue weighted by Crippen LogP contribution is -2.16. The molecule has 108 valence electrons. The van der Waals surface area contributed by atoms with Gasteiger partial charge in [-0.25, -0.2) is 4.57 Å². The molecule has 0 spiro atoms. The number of hydrogen-bond donors (Lipinski definition) is 2. The number of rotatable bonds is 9. The van der Waals surface area contributed by atoms with Crippen molar-refractivity contribution in [1.29, 1.82) is 0 Å². The molecule has 1 unspecified atom stereocenters. The largest absolute Gasteiger partial charge is 0.469 e. The number of hydrogen-bond acceptors (Lipinski definition) is 7. The highest BCUT2D eigenvalue weighted by atomic mass is 31.2. The first-order valence-corrected chi connectivity index (χ1v) is 6.59. The Kier molecular flexibility index (Phi) is 6.92. The summed E-state index contributed by atoms with van der Waals surface area (Å²) >= 11 is 0. The molecule has 0 aromatic heterocycles. The van der Waals surface area contributed by atoms with E-state index in [0.717, 1.165) is 0 Å². The third-order valence-corrected chi connectivity index (χ3v) is 2.10. The number of para-hydroxylation sites is 1. The second-order valence-corrected chi connectivity index (χ2v) is 4.53. The van der Waals surface area contributed by atoms with Gasteiger partial charge in [0.05, 0.1) is 6.61 Å². The van der Waals surface area contributed by atoms with E-state index < -0.39 is 20.5 Å². The van der Waals surface area contributed by atoms with E-state index >= 15 is 0 Å². The Labute approximate surface area is 108 Å². The molecule has 0 aliphatic heterocycles. The molecule has 10 heteroatoms. The van der Waals surface area contributed by atoms with Gasteiger partial charge >= 0.3 is 7.82 Å². The van der Waals surface area contributed by atoms with E-state index in [1.807, 2.05) is 0 Å². The van der Waals surface area contributed by atoms with Gasteiger partial charge in [0.2, 0.25) is 0 Å². The molecule has 0 aliphatic carbocycles. The maximum Gasteiger partial charge on any atom is 0.469 e. The van der Waals surface area contributed by atoms with Crippen molar-refractivity contribution in [3.05, 3.63) is 30.3 Å². The zero-order valence-electron chi connectivity index (χ0n) is 9.87. The van der Waals surface area contributed by atoms with Crippen LogP contribution in [-0.4, -0.2) is 22.5 Å². The average Bonchev–Trinajstić information content (AvgIpc) is 2.36. The predicted octanol–water partition coefficient (Wildman–Crippen LogP) is 1.29. The Morgan fingerprint density at radius 1 is 1.16 bits per heavy atom. The van der Waals surface area contributed by atoms with Crippen LogP contribution in [0.4, 0.5) is 0 Å². The molecule has 1 atom stereocenters. The van der Waals surface area contributed by atoms with E-state index in [0.29, 0.717) is 5.75 Å². The van der Waals surface area contributed by atoms with Crippen LogP contribution in [0.2, 0.25) is 0 Å². The lowest BCUT2D eigenvalue weighted by atomic mass is 10.3. The first-order chi connectivity index (χ1) is 8.97. The summed E-state index contributed by atoms with van der Waals surface area (Å²) in [5, 5.41) is 12.3. The average molecular weight is 296 g/mol. The first-order valence-electron chi connectivity index (χ1n) is 5.06. The molecule has 1 aromatic rings. The molecule has 0 amide bonds. The highest BCUT2D eigenvalue weighted by Gasteiger charge is 2.16. The molecule has 1 aromatic carbocycles. The Morgan fingerprint density at radius 2 is 1.84 bits per heavy atom. The normalized spacial score (nSPS) is 13.2. The Balaban J connectivity index is 2.03. The van der Waals surface area contributed by atoms with E-state index in [2.05, 4.69) is 29.4 Å². The van der Waals surface area contributed by atoms with Gasteiger partial charge in [0.25, 0.3) is 0 Å². The molecule has 0 radical (unpaired) electrons. The Bertz CT molecular complexity index is 392. The van der Waals surface area contributed by atoms with Gasteiger partial charge in [-0.05, 0) is 24.1 Å². The van der Waals surface area contributed by atoms with Gasteiger partial charge in [-0.2, -0.15) is 4.89 Å². The highest BCUT2D eigenvalue weighted by molar-refractivity contribution is 7.46. The van der Waals surface area contributed by atoms with Crippen LogP contribution in [0.5, 0.6) is 5.75 Å². The summed E-state index contributed by atoms with van der Waals surface area (Å²) in [6.07, 6.45) is -0.798. The second kappa shape index (κ2) is 8.20. The second-order valence-electron chi connectivity index (χ2n) is 3.29. The van der Waals surface area contributed by atoms with E-state index in [-0.39, 0.29) is 0 Å². The zero-order chi connectivity index (χ0) is 14.1. The molecule has 1 rings (SSSR count). The SMILES string of the molecule is CC(COP(=O)(O)O)OOOOOc1ccccc1. The molecular weight excluding hydrogens is 283 g/mol. The number of benzene rings is 1. The van der Waals surface area contributed by atoms with Crippen LogP contribution < -0.4 is 4.89 Å². The maximum absolute atomic E-state index is 10.4. The number of phosphoric acid groups is 1. The monoisotopic (exact) mass is 296 g/mol. The minimum absolute atomic E-state index is 0.379. The van der Waals surface area contributed by atoms with Gasteiger partial charge in [0.1, 0.15) is 6.10 Å². The van der Waals surface area contributed by atoms with Crippen molar-refractivity contribution in [3.8, 4) is 5.75 Å². The van der Waals surface area contributed by atoms with Crippen LogP contribution in [0.3, 0.4) is 0 Å². The molecule has 2 N–H and O–H groups in total. The van der Waals surface area contributed by atoms with E-state index in [1.165, 1.54) is 6.92 Å². The summed E-state index contributed by atoms with van der Waals surface area (Å²) in [4.78, 5) is 25.9. The van der Waals surface area contributed by atoms with Gasteiger partial charge in [-0.1, -0.05) is 18.2 Å². The lowest BCUT2D eigenvalue weighted by molar-refractivity contribution is -0.696. The Morgan fingerprint density at radius 3 is 2.47 bits per heavy atom. The van der Waals surface area contributed by atoms with Crippen molar-refractivity contribution in [3.63, 3.8) is 0 Å². The highest BCUT2D eigenvalue weighted by Crippen LogP contribution is 2.35. The van der Waals surface area contributed by atoms with E-state index in [9.17, 15) is 4.57 Å². The van der Waals surface area contributed by atoms with Crippen molar-refractivity contribution in [1.82, 2.24) is 0 Å². The van der Waals surface area contributed by atoms with Crippen LogP contribution in [0.25, 0.3) is 0 Å². The summed E-state index contributed by atoms with van der Waals surface area (Å²) in [5.41, 5.74) is 0. The molecule has 0 aliphatic rings. The summed E-state index contributed by atoms with van der Waals surface area (Å²) in [5.74, 6) is 0.379. The summed E-state index contributed by atoms with van der Waals surface area (Å²) in [6.45, 7) is 1.03.